The van der Waals surface area contributed by atoms with Gasteiger partial charge in [-0.05, 0) is 56.1 Å². The molecule has 21 heavy (non-hydrogen) atoms. The molecule has 0 fully saturated rings. The average molecular weight is 292 g/mol. The van der Waals surface area contributed by atoms with Crippen molar-refractivity contribution in [2.45, 2.75) is 46.6 Å². The molecule has 0 aliphatic carbocycles. The summed E-state index contributed by atoms with van der Waals surface area (Å²) in [5.41, 5.74) is 1.31. The fraction of sp³-hybridized carbons (Fsp3) is 0.667. The van der Waals surface area contributed by atoms with Crippen LogP contribution in [0.3, 0.4) is 0 Å². The highest BCUT2D eigenvalue weighted by Crippen LogP contribution is 2.12. The van der Waals surface area contributed by atoms with Crippen LogP contribution in [0.4, 0.5) is 0 Å². The molecule has 3 nitrogen and oxygen atoms in total. The van der Waals surface area contributed by atoms with Gasteiger partial charge < -0.3 is 15.4 Å². The van der Waals surface area contributed by atoms with Crippen LogP contribution in [0.15, 0.2) is 24.3 Å². The second kappa shape index (κ2) is 11.6. The second-order valence-electron chi connectivity index (χ2n) is 5.97. The van der Waals surface area contributed by atoms with Crippen LogP contribution in [-0.2, 0) is 6.54 Å². The maximum absolute atomic E-state index is 5.66. The van der Waals surface area contributed by atoms with Crippen LogP contribution in [0.25, 0.3) is 0 Å². The summed E-state index contributed by atoms with van der Waals surface area (Å²) in [6.45, 7) is 11.7. The van der Waals surface area contributed by atoms with Crippen LogP contribution < -0.4 is 15.4 Å². The second-order valence-corrected chi connectivity index (χ2v) is 5.97. The van der Waals surface area contributed by atoms with Gasteiger partial charge in [0.2, 0.25) is 0 Å². The molecule has 0 unspecified atom stereocenters. The van der Waals surface area contributed by atoms with Gasteiger partial charge in [0.25, 0.3) is 0 Å². The van der Waals surface area contributed by atoms with Gasteiger partial charge in [-0.1, -0.05) is 39.3 Å². The first-order valence-electron chi connectivity index (χ1n) is 8.35. The van der Waals surface area contributed by atoms with Gasteiger partial charge in [-0.15, -0.1) is 0 Å². The van der Waals surface area contributed by atoms with Crippen LogP contribution in [0.1, 0.15) is 45.6 Å². The minimum atomic E-state index is 0.732. The number of hydrogen-bond acceptors (Lipinski definition) is 3. The number of hydrogen-bond donors (Lipinski definition) is 2. The van der Waals surface area contributed by atoms with Crippen molar-refractivity contribution < 1.29 is 4.74 Å². The quantitative estimate of drug-likeness (QED) is 0.578. The third kappa shape index (κ3) is 9.48. The van der Waals surface area contributed by atoms with E-state index in [0.29, 0.717) is 0 Å². The molecule has 0 heterocycles. The SMILES string of the molecule is CCCCOc1ccc(CNCCCNCC(C)C)cc1. The highest BCUT2D eigenvalue weighted by Gasteiger charge is 1.96. The van der Waals surface area contributed by atoms with E-state index in [1.165, 1.54) is 18.4 Å². The maximum atomic E-state index is 5.66. The Morgan fingerprint density at radius 1 is 1.00 bits per heavy atom. The molecular formula is C18H32N2O. The molecule has 0 saturated carbocycles. The van der Waals surface area contributed by atoms with Crippen molar-refractivity contribution in [2.75, 3.05) is 26.2 Å². The summed E-state index contributed by atoms with van der Waals surface area (Å²) in [5.74, 6) is 1.71. The molecule has 0 atom stereocenters. The summed E-state index contributed by atoms with van der Waals surface area (Å²) in [6, 6.07) is 8.42. The average Bonchev–Trinajstić information content (AvgIpc) is 2.48. The minimum absolute atomic E-state index is 0.732. The largest absolute Gasteiger partial charge is 0.494 e. The number of ether oxygens (including phenoxy) is 1. The molecule has 1 aromatic carbocycles. The molecule has 2 N–H and O–H groups in total. The Hall–Kier alpha value is -1.06. The summed E-state index contributed by atoms with van der Waals surface area (Å²) in [6.07, 6.45) is 3.47. The molecule has 0 bridgehead atoms. The highest BCUT2D eigenvalue weighted by atomic mass is 16.5. The fourth-order valence-corrected chi connectivity index (χ4v) is 2.00. The zero-order valence-corrected chi connectivity index (χ0v) is 14.0. The Labute approximate surface area is 130 Å². The van der Waals surface area contributed by atoms with E-state index in [1.807, 2.05) is 0 Å². The lowest BCUT2D eigenvalue weighted by atomic mass is 10.2. The fourth-order valence-electron chi connectivity index (χ4n) is 2.00. The van der Waals surface area contributed by atoms with Gasteiger partial charge in [-0.2, -0.15) is 0 Å². The topological polar surface area (TPSA) is 33.3 Å². The lowest BCUT2D eigenvalue weighted by Crippen LogP contribution is -2.24. The lowest BCUT2D eigenvalue weighted by Gasteiger charge is -2.09. The molecule has 0 amide bonds. The standard InChI is InChI=1S/C18H32N2O/c1-4-5-13-21-18-9-7-17(8-10-18)15-20-12-6-11-19-14-16(2)3/h7-10,16,19-20H,4-6,11-15H2,1-3H3. The number of rotatable bonds is 12. The van der Waals surface area contributed by atoms with Gasteiger partial charge in [0.1, 0.15) is 5.75 Å². The number of benzene rings is 1. The third-order valence-corrected chi connectivity index (χ3v) is 3.28. The Bertz CT molecular complexity index is 349. The van der Waals surface area contributed by atoms with E-state index in [1.54, 1.807) is 0 Å². The molecule has 0 radical (unpaired) electrons. The maximum Gasteiger partial charge on any atom is 0.119 e. The van der Waals surface area contributed by atoms with E-state index in [2.05, 4.69) is 55.7 Å². The van der Waals surface area contributed by atoms with Crippen molar-refractivity contribution in [1.82, 2.24) is 10.6 Å². The summed E-state index contributed by atoms with van der Waals surface area (Å²) in [7, 11) is 0. The molecule has 0 spiro atoms. The smallest absolute Gasteiger partial charge is 0.119 e. The zero-order valence-electron chi connectivity index (χ0n) is 14.0. The first-order valence-corrected chi connectivity index (χ1v) is 8.35. The van der Waals surface area contributed by atoms with E-state index >= 15 is 0 Å². The monoisotopic (exact) mass is 292 g/mol. The van der Waals surface area contributed by atoms with E-state index in [-0.39, 0.29) is 0 Å². The molecule has 3 heteroatoms. The molecule has 0 saturated heterocycles. The summed E-state index contributed by atoms with van der Waals surface area (Å²) >= 11 is 0. The lowest BCUT2D eigenvalue weighted by molar-refractivity contribution is 0.309. The molecule has 0 aliphatic rings. The molecule has 1 rings (SSSR count). The van der Waals surface area contributed by atoms with Crippen LogP contribution in [0.5, 0.6) is 5.75 Å². The Balaban J connectivity index is 2.07. The van der Waals surface area contributed by atoms with Crippen LogP contribution >= 0.6 is 0 Å². The van der Waals surface area contributed by atoms with E-state index in [0.717, 1.165) is 50.9 Å². The number of unbranched alkanes of at least 4 members (excludes halogenated alkanes) is 1. The van der Waals surface area contributed by atoms with Gasteiger partial charge >= 0.3 is 0 Å². The van der Waals surface area contributed by atoms with Crippen molar-refractivity contribution >= 4 is 0 Å². The van der Waals surface area contributed by atoms with Crippen molar-refractivity contribution in [1.29, 1.82) is 0 Å². The van der Waals surface area contributed by atoms with Crippen molar-refractivity contribution in [3.63, 3.8) is 0 Å². The zero-order chi connectivity index (χ0) is 15.3. The predicted octanol–water partition coefficient (Wildman–Crippen LogP) is 3.59. The van der Waals surface area contributed by atoms with E-state index < -0.39 is 0 Å². The molecule has 1 aromatic rings. The first-order chi connectivity index (χ1) is 10.2. The molecule has 0 aromatic heterocycles. The van der Waals surface area contributed by atoms with Gasteiger partial charge in [-0.25, -0.2) is 0 Å². The molecular weight excluding hydrogens is 260 g/mol. The van der Waals surface area contributed by atoms with Gasteiger partial charge in [0, 0.05) is 6.54 Å². The summed E-state index contributed by atoms with van der Waals surface area (Å²) < 4.78 is 5.66. The van der Waals surface area contributed by atoms with Crippen LogP contribution in [0, 0.1) is 5.92 Å². The van der Waals surface area contributed by atoms with Crippen LogP contribution in [0.2, 0.25) is 0 Å². The van der Waals surface area contributed by atoms with Crippen molar-refractivity contribution in [2.24, 2.45) is 5.92 Å². The highest BCUT2D eigenvalue weighted by molar-refractivity contribution is 5.27. The van der Waals surface area contributed by atoms with Crippen molar-refractivity contribution in [3.05, 3.63) is 29.8 Å². The normalized spacial score (nSPS) is 11.0. The van der Waals surface area contributed by atoms with Crippen LogP contribution in [-0.4, -0.2) is 26.2 Å². The van der Waals surface area contributed by atoms with Gasteiger partial charge in [0.15, 0.2) is 0 Å². The Morgan fingerprint density at radius 3 is 2.38 bits per heavy atom. The van der Waals surface area contributed by atoms with Crippen molar-refractivity contribution in [3.8, 4) is 5.75 Å². The predicted molar refractivity (Wildman–Crippen MR) is 90.9 cm³/mol. The molecule has 0 aliphatic heterocycles. The first kappa shape index (κ1) is 18.0. The Kier molecular flexibility index (Phi) is 9.92. The minimum Gasteiger partial charge on any atom is -0.494 e. The van der Waals surface area contributed by atoms with E-state index in [9.17, 15) is 0 Å². The Morgan fingerprint density at radius 2 is 1.71 bits per heavy atom. The van der Waals surface area contributed by atoms with E-state index in [4.69, 9.17) is 4.74 Å². The molecule has 120 valence electrons. The van der Waals surface area contributed by atoms with Gasteiger partial charge in [-0.3, -0.25) is 0 Å². The summed E-state index contributed by atoms with van der Waals surface area (Å²) in [4.78, 5) is 0. The van der Waals surface area contributed by atoms with Gasteiger partial charge in [0.05, 0.1) is 6.61 Å². The third-order valence-electron chi connectivity index (χ3n) is 3.28. The summed E-state index contributed by atoms with van der Waals surface area (Å²) in [5, 5.41) is 6.94. The number of nitrogens with one attached hydrogen (secondary N) is 2.